The molecule has 0 aromatic rings. The monoisotopic (exact) mass is 233 g/mol. The Morgan fingerprint density at radius 1 is 1.13 bits per heavy atom. The number of hydrogen-bond acceptors (Lipinski definition) is 1. The molecule has 2 bridgehead atoms. The Morgan fingerprint density at radius 3 is 1.87 bits per heavy atom. The van der Waals surface area contributed by atoms with Crippen LogP contribution in [-0.2, 0) is 4.79 Å². The predicted molar refractivity (Wildman–Crippen MR) is 66.0 cm³/mol. The summed E-state index contributed by atoms with van der Waals surface area (Å²) < 4.78 is 0. The molecule has 3 rings (SSSR count). The maximum absolute atomic E-state index is 11.0. The Balaban J connectivity index is 0.000000980. The zero-order valence-electron chi connectivity index (χ0n) is 8.84. The van der Waals surface area contributed by atoms with E-state index in [9.17, 15) is 4.79 Å². The molecule has 0 aliphatic heterocycles. The molecule has 15 heavy (non-hydrogen) atoms. The summed E-state index contributed by atoms with van der Waals surface area (Å²) in [6.07, 6.45) is 8.23. The Morgan fingerprint density at radius 2 is 1.53 bits per heavy atom. The third-order valence-corrected chi connectivity index (χ3v) is 4.33. The van der Waals surface area contributed by atoms with Gasteiger partial charge < -0.3 is 5.73 Å². The normalized spacial score (nSPS) is 37.7. The molecule has 2 nitrogen and oxygen atoms in total. The molecule has 3 fully saturated rings. The second-order valence-electron chi connectivity index (χ2n) is 5.45. The molecule has 0 aromatic carbocycles. The van der Waals surface area contributed by atoms with Gasteiger partial charge in [0.05, 0.1) is 0 Å². The lowest BCUT2D eigenvalue weighted by atomic mass is 9.53. The van der Waals surface area contributed by atoms with Crippen LogP contribution in [0.4, 0.5) is 0 Å². The quantitative estimate of drug-likeness (QED) is 0.782. The smallest absolute Gasteiger partial charge is 0.217 e. The Hall–Kier alpha value is -0.240. The summed E-state index contributed by atoms with van der Waals surface area (Å²) in [5.74, 6) is -0.106. The number of hydrogen-bond donors (Lipinski definition) is 1. The van der Waals surface area contributed by atoms with Crippen LogP contribution in [0.2, 0.25) is 0 Å². The Bertz CT molecular complexity index is 215. The molecule has 0 unspecified atom stereocenters. The van der Waals surface area contributed by atoms with Crippen molar-refractivity contribution >= 4 is 18.3 Å². The summed E-state index contributed by atoms with van der Waals surface area (Å²) in [4.78, 5) is 11.0. The first kappa shape index (κ1) is 14.8. The number of fused-ring (bicyclic) bond motifs is 3. The van der Waals surface area contributed by atoms with Crippen LogP contribution in [0.5, 0.6) is 0 Å². The maximum atomic E-state index is 11.0. The molecule has 0 aromatic heterocycles. The lowest BCUT2D eigenvalue weighted by Gasteiger charge is -2.51. The van der Waals surface area contributed by atoms with Crippen LogP contribution in [0.1, 0.15) is 59.3 Å². The molecule has 0 heterocycles. The second kappa shape index (κ2) is 4.73. The maximum Gasteiger partial charge on any atom is 0.217 e. The van der Waals surface area contributed by atoms with Crippen LogP contribution in [0.3, 0.4) is 0 Å². The summed E-state index contributed by atoms with van der Waals surface area (Å²) in [6.45, 7) is 2.39. The molecular formula is C12H24ClNO. The number of halogens is 1. The lowest BCUT2D eigenvalue weighted by Crippen LogP contribution is -2.41. The van der Waals surface area contributed by atoms with Crippen molar-refractivity contribution in [3.63, 3.8) is 0 Å². The summed E-state index contributed by atoms with van der Waals surface area (Å²) in [5.41, 5.74) is 6.20. The van der Waals surface area contributed by atoms with Crippen molar-refractivity contribution in [3.8, 4) is 0 Å². The minimum Gasteiger partial charge on any atom is -0.370 e. The largest absolute Gasteiger partial charge is 0.370 e. The number of rotatable bonds is 2. The Labute approximate surface area is 99.4 Å². The molecule has 3 aliphatic rings. The van der Waals surface area contributed by atoms with Gasteiger partial charge in [0.1, 0.15) is 0 Å². The number of primary amides is 1. The fourth-order valence-corrected chi connectivity index (χ4v) is 3.09. The highest BCUT2D eigenvalue weighted by Crippen LogP contribution is 2.57. The van der Waals surface area contributed by atoms with Gasteiger partial charge in [-0.05, 0) is 49.4 Å². The average Bonchev–Trinajstić information content (AvgIpc) is 2.07. The Kier molecular flexibility index (Phi) is 4.66. The van der Waals surface area contributed by atoms with E-state index in [1.54, 1.807) is 0 Å². The third-order valence-electron chi connectivity index (χ3n) is 4.33. The fourth-order valence-electron chi connectivity index (χ4n) is 3.09. The van der Waals surface area contributed by atoms with E-state index in [1.165, 1.54) is 38.5 Å². The summed E-state index contributed by atoms with van der Waals surface area (Å²) in [5, 5.41) is 0. The van der Waals surface area contributed by atoms with Crippen LogP contribution in [0.25, 0.3) is 0 Å². The molecule has 1 amide bonds. The van der Waals surface area contributed by atoms with Gasteiger partial charge in [-0.2, -0.15) is 0 Å². The average molecular weight is 234 g/mol. The molecule has 0 saturated heterocycles. The van der Waals surface area contributed by atoms with Gasteiger partial charge in [-0.3, -0.25) is 4.79 Å². The van der Waals surface area contributed by atoms with E-state index >= 15 is 0 Å². The molecular weight excluding hydrogens is 210 g/mol. The van der Waals surface area contributed by atoms with E-state index in [2.05, 4.69) is 6.92 Å². The number of nitrogens with two attached hydrogens (primary N) is 1. The third kappa shape index (κ3) is 2.87. The minimum atomic E-state index is -0.106. The van der Waals surface area contributed by atoms with Crippen molar-refractivity contribution in [1.82, 2.24) is 0 Å². The molecule has 0 radical (unpaired) electrons. The molecule has 3 heteroatoms. The first-order chi connectivity index (χ1) is 6.04. The van der Waals surface area contributed by atoms with E-state index < -0.39 is 0 Å². The first-order valence-electron chi connectivity index (χ1n) is 5.32. The topological polar surface area (TPSA) is 43.1 Å². The first-order valence-corrected chi connectivity index (χ1v) is 5.32. The van der Waals surface area contributed by atoms with Gasteiger partial charge in [-0.1, -0.05) is 14.4 Å². The van der Waals surface area contributed by atoms with Crippen molar-refractivity contribution in [3.05, 3.63) is 0 Å². The zero-order chi connectivity index (χ0) is 9.53. The van der Waals surface area contributed by atoms with Gasteiger partial charge in [-0.15, -0.1) is 12.4 Å². The molecule has 0 spiro atoms. The van der Waals surface area contributed by atoms with Crippen LogP contribution >= 0.6 is 12.4 Å². The van der Waals surface area contributed by atoms with Gasteiger partial charge >= 0.3 is 0 Å². The molecule has 3 aliphatic carbocycles. The molecule has 0 atom stereocenters. The van der Waals surface area contributed by atoms with Crippen LogP contribution in [-0.4, -0.2) is 5.91 Å². The molecule has 2 N–H and O–H groups in total. The van der Waals surface area contributed by atoms with Crippen molar-refractivity contribution < 1.29 is 4.79 Å². The van der Waals surface area contributed by atoms with Crippen molar-refractivity contribution in [2.24, 2.45) is 16.6 Å². The summed E-state index contributed by atoms with van der Waals surface area (Å²) >= 11 is 0. The zero-order valence-corrected chi connectivity index (χ0v) is 9.66. The van der Waals surface area contributed by atoms with E-state index in [4.69, 9.17) is 5.73 Å². The minimum absolute atomic E-state index is 0. The highest BCUT2D eigenvalue weighted by Gasteiger charge is 2.46. The van der Waals surface area contributed by atoms with Crippen LogP contribution in [0.15, 0.2) is 0 Å². The number of carbonyl (C=O) groups is 1. The van der Waals surface area contributed by atoms with Crippen molar-refractivity contribution in [2.75, 3.05) is 0 Å². The van der Waals surface area contributed by atoms with Crippen molar-refractivity contribution in [1.29, 1.82) is 0 Å². The SMILES string of the molecule is C.CC12CCC(CC(N)=O)(CC1)CC2.Cl. The molecule has 90 valence electrons. The van der Waals surface area contributed by atoms with Gasteiger partial charge in [0, 0.05) is 6.42 Å². The van der Waals surface area contributed by atoms with E-state index in [0.29, 0.717) is 17.3 Å². The lowest BCUT2D eigenvalue weighted by molar-refractivity contribution is -0.123. The fraction of sp³-hybridized carbons (Fsp3) is 0.917. The standard InChI is InChI=1S/C11H19NO.CH4.ClH/c1-10-2-5-11(6-3-10,7-4-10)8-9(12)13;;/h2-8H2,1H3,(H2,12,13);1H4;1H. The van der Waals surface area contributed by atoms with E-state index in [0.717, 1.165) is 0 Å². The van der Waals surface area contributed by atoms with Crippen LogP contribution in [0, 0.1) is 10.8 Å². The summed E-state index contributed by atoms with van der Waals surface area (Å²) in [7, 11) is 0. The highest BCUT2D eigenvalue weighted by molar-refractivity contribution is 5.85. The van der Waals surface area contributed by atoms with Gasteiger partial charge in [0.15, 0.2) is 0 Å². The van der Waals surface area contributed by atoms with E-state index in [1.807, 2.05) is 0 Å². The van der Waals surface area contributed by atoms with Crippen LogP contribution < -0.4 is 5.73 Å². The van der Waals surface area contributed by atoms with Gasteiger partial charge in [0.25, 0.3) is 0 Å². The van der Waals surface area contributed by atoms with Gasteiger partial charge in [0.2, 0.25) is 5.91 Å². The number of carbonyl (C=O) groups excluding carboxylic acids is 1. The molecule has 3 saturated carbocycles. The number of amides is 1. The predicted octanol–water partition coefficient (Wildman–Crippen LogP) is 3.28. The highest BCUT2D eigenvalue weighted by atomic mass is 35.5. The second-order valence-corrected chi connectivity index (χ2v) is 5.45. The van der Waals surface area contributed by atoms with E-state index in [-0.39, 0.29) is 25.7 Å². The summed E-state index contributed by atoms with van der Waals surface area (Å²) in [6, 6.07) is 0. The van der Waals surface area contributed by atoms with Gasteiger partial charge in [-0.25, -0.2) is 0 Å². The van der Waals surface area contributed by atoms with Crippen molar-refractivity contribution in [2.45, 2.75) is 59.3 Å².